The van der Waals surface area contributed by atoms with E-state index in [1.165, 1.54) is 32.4 Å². The van der Waals surface area contributed by atoms with Gasteiger partial charge < -0.3 is 25.0 Å². The van der Waals surface area contributed by atoms with Gasteiger partial charge in [-0.2, -0.15) is 0 Å². The summed E-state index contributed by atoms with van der Waals surface area (Å²) in [5, 5.41) is 6.52. The van der Waals surface area contributed by atoms with Crippen molar-refractivity contribution in [3.63, 3.8) is 0 Å². The molecule has 246 valence electrons. The first-order chi connectivity index (χ1) is 22.6. The summed E-state index contributed by atoms with van der Waals surface area (Å²) >= 11 is 6.37. The quantitative estimate of drug-likeness (QED) is 0.205. The maximum Gasteiger partial charge on any atom is 0.252 e. The van der Waals surface area contributed by atoms with Gasteiger partial charge in [0, 0.05) is 42.1 Å². The maximum absolute atomic E-state index is 13.9. The zero-order valence-corrected chi connectivity index (χ0v) is 28.7. The number of pyridine rings is 1. The van der Waals surface area contributed by atoms with Crippen LogP contribution in [0.1, 0.15) is 88.2 Å². The van der Waals surface area contributed by atoms with E-state index in [-0.39, 0.29) is 23.9 Å². The first-order valence-electron chi connectivity index (χ1n) is 17.0. The van der Waals surface area contributed by atoms with E-state index in [0.717, 1.165) is 52.8 Å². The molecule has 1 aliphatic carbocycles. The minimum atomic E-state index is -0.583. The number of amides is 2. The van der Waals surface area contributed by atoms with Gasteiger partial charge in [-0.3, -0.25) is 9.59 Å². The van der Waals surface area contributed by atoms with Gasteiger partial charge in [0.05, 0.1) is 33.5 Å². The van der Waals surface area contributed by atoms with Gasteiger partial charge in [-0.15, -0.1) is 0 Å². The molecule has 3 aliphatic rings. The summed E-state index contributed by atoms with van der Waals surface area (Å²) in [6.07, 6.45) is 8.73. The van der Waals surface area contributed by atoms with E-state index in [9.17, 15) is 9.59 Å². The molecule has 2 aromatic heterocycles. The third-order valence-electron chi connectivity index (χ3n) is 10.7. The lowest BCUT2D eigenvalue weighted by Crippen LogP contribution is -2.57. The molecule has 47 heavy (non-hydrogen) atoms. The zero-order chi connectivity index (χ0) is 33.0. The fourth-order valence-electron chi connectivity index (χ4n) is 7.53. The van der Waals surface area contributed by atoms with Crippen molar-refractivity contribution in [2.24, 2.45) is 0 Å². The first-order valence-corrected chi connectivity index (χ1v) is 17.4. The van der Waals surface area contributed by atoms with E-state index in [1.54, 1.807) is 19.2 Å². The number of benzene rings is 2. The summed E-state index contributed by atoms with van der Waals surface area (Å²) in [7, 11) is 1.59. The Morgan fingerprint density at radius 1 is 1.06 bits per heavy atom. The monoisotopic (exact) mass is 653 g/mol. The summed E-state index contributed by atoms with van der Waals surface area (Å²) in [5.74, 6) is 0.557. The molecule has 1 saturated heterocycles. The van der Waals surface area contributed by atoms with Crippen LogP contribution < -0.4 is 15.5 Å². The van der Waals surface area contributed by atoms with Gasteiger partial charge in [-0.05, 0) is 102 Å². The van der Waals surface area contributed by atoms with Gasteiger partial charge in [0.15, 0.2) is 5.82 Å². The van der Waals surface area contributed by atoms with Crippen molar-refractivity contribution in [3.05, 3.63) is 64.9 Å². The molecular weight excluding hydrogens is 610 g/mol. The Balaban J connectivity index is 1.27. The van der Waals surface area contributed by atoms with E-state index in [4.69, 9.17) is 21.6 Å². The van der Waals surface area contributed by atoms with E-state index in [0.29, 0.717) is 28.1 Å². The normalized spacial score (nSPS) is 21.4. The van der Waals surface area contributed by atoms with Crippen LogP contribution in [0.5, 0.6) is 0 Å². The summed E-state index contributed by atoms with van der Waals surface area (Å²) in [6, 6.07) is 14.6. The fraction of sp³-hybridized carbons (Fsp3) is 0.459. The van der Waals surface area contributed by atoms with Crippen LogP contribution in [-0.2, 0) is 10.2 Å². The summed E-state index contributed by atoms with van der Waals surface area (Å²) in [4.78, 5) is 41.1. The molecule has 2 aliphatic heterocycles. The Labute approximate surface area is 281 Å². The van der Waals surface area contributed by atoms with Crippen molar-refractivity contribution < 1.29 is 9.59 Å². The van der Waals surface area contributed by atoms with Gasteiger partial charge in [0.2, 0.25) is 5.91 Å². The number of likely N-dealkylation sites (tertiary alicyclic amines) is 1. The highest BCUT2D eigenvalue weighted by Crippen LogP contribution is 2.48. The predicted molar refractivity (Wildman–Crippen MR) is 189 cm³/mol. The third-order valence-corrected chi connectivity index (χ3v) is 11.0. The standard InChI is InChI=1S/C37H44ClN7O2/c1-6-22(2)44-21-40-31-20-30(42-34(33(31)44)41-24-11-13-29(38)27(17-24)35(46)39-5)23-10-12-28-32(16-23)45(36(47)37(28,3)4)26-18-25(19-26)43-14-8-7-9-15-43/h10-13,16-17,20-22,25-26H,6-9,14-15,18-19H2,1-5H3,(H,39,46)(H,41,42)/t22-,25?,26?/m0/s1. The van der Waals surface area contributed by atoms with Crippen LogP contribution in [0.4, 0.5) is 17.2 Å². The molecule has 0 radical (unpaired) electrons. The summed E-state index contributed by atoms with van der Waals surface area (Å²) in [6.45, 7) is 10.8. The molecular formula is C37H44ClN7O2. The second-order valence-electron chi connectivity index (χ2n) is 13.9. The van der Waals surface area contributed by atoms with Gasteiger partial charge >= 0.3 is 0 Å². The molecule has 2 fully saturated rings. The first kappa shape index (κ1) is 31.6. The Morgan fingerprint density at radius 2 is 1.83 bits per heavy atom. The molecule has 0 bridgehead atoms. The van der Waals surface area contributed by atoms with Crippen molar-refractivity contribution in [1.29, 1.82) is 0 Å². The highest BCUT2D eigenvalue weighted by molar-refractivity contribution is 6.34. The van der Waals surface area contributed by atoms with Crippen LogP contribution in [0, 0.1) is 0 Å². The third kappa shape index (κ3) is 5.47. The van der Waals surface area contributed by atoms with Gasteiger partial charge in [-0.1, -0.05) is 37.1 Å². The van der Waals surface area contributed by atoms with Crippen LogP contribution in [0.2, 0.25) is 5.02 Å². The lowest BCUT2D eigenvalue weighted by molar-refractivity contribution is -0.123. The van der Waals surface area contributed by atoms with Crippen molar-refractivity contribution >= 4 is 51.6 Å². The fourth-order valence-corrected chi connectivity index (χ4v) is 7.74. The second-order valence-corrected chi connectivity index (χ2v) is 14.3. The van der Waals surface area contributed by atoms with Crippen LogP contribution >= 0.6 is 11.6 Å². The molecule has 1 saturated carbocycles. The van der Waals surface area contributed by atoms with Crippen LogP contribution in [0.25, 0.3) is 22.3 Å². The largest absolute Gasteiger partial charge is 0.355 e. The number of fused-ring (bicyclic) bond motifs is 2. The minimum absolute atomic E-state index is 0.180. The number of hydrogen-bond acceptors (Lipinski definition) is 6. The highest BCUT2D eigenvalue weighted by Gasteiger charge is 2.50. The lowest BCUT2D eigenvalue weighted by atomic mass is 9.82. The van der Waals surface area contributed by atoms with E-state index >= 15 is 0 Å². The van der Waals surface area contributed by atoms with Gasteiger partial charge in [0.1, 0.15) is 5.52 Å². The predicted octanol–water partition coefficient (Wildman–Crippen LogP) is 7.47. The number of anilines is 3. The Morgan fingerprint density at radius 3 is 2.55 bits per heavy atom. The second kappa shape index (κ2) is 12.3. The molecule has 0 spiro atoms. The van der Waals surface area contributed by atoms with Crippen molar-refractivity contribution in [1.82, 2.24) is 24.8 Å². The molecule has 0 unspecified atom stereocenters. The molecule has 2 amide bonds. The topological polar surface area (TPSA) is 95.4 Å². The lowest BCUT2D eigenvalue weighted by Gasteiger charge is -2.48. The van der Waals surface area contributed by atoms with E-state index < -0.39 is 5.41 Å². The van der Waals surface area contributed by atoms with Gasteiger partial charge in [0.25, 0.3) is 5.91 Å². The minimum Gasteiger partial charge on any atom is -0.355 e. The number of nitrogens with zero attached hydrogens (tertiary/aromatic N) is 5. The summed E-state index contributed by atoms with van der Waals surface area (Å²) < 4.78 is 2.14. The molecule has 2 N–H and O–H groups in total. The van der Waals surface area contributed by atoms with Crippen LogP contribution in [-0.4, -0.2) is 63.5 Å². The van der Waals surface area contributed by atoms with E-state index in [1.807, 2.05) is 32.3 Å². The molecule has 7 rings (SSSR count). The number of rotatable bonds is 8. The highest BCUT2D eigenvalue weighted by atomic mass is 35.5. The van der Waals surface area contributed by atoms with Crippen molar-refractivity contribution in [2.75, 3.05) is 30.4 Å². The Bertz CT molecular complexity index is 1850. The van der Waals surface area contributed by atoms with Crippen LogP contribution in [0.3, 0.4) is 0 Å². The van der Waals surface area contributed by atoms with E-state index in [2.05, 4.69) is 57.0 Å². The Hall–Kier alpha value is -3.95. The van der Waals surface area contributed by atoms with Crippen LogP contribution in [0.15, 0.2) is 48.8 Å². The number of hydrogen-bond donors (Lipinski definition) is 2. The molecule has 10 heteroatoms. The molecule has 9 nitrogen and oxygen atoms in total. The molecule has 4 aromatic rings. The van der Waals surface area contributed by atoms with Gasteiger partial charge in [-0.25, -0.2) is 9.97 Å². The maximum atomic E-state index is 13.9. The smallest absolute Gasteiger partial charge is 0.252 e. The average molecular weight is 654 g/mol. The van der Waals surface area contributed by atoms with Crippen molar-refractivity contribution in [2.45, 2.75) is 89.8 Å². The SMILES string of the molecule is CC[C@H](C)n1cnc2cc(-c3ccc4c(c3)N(C3CC(N5CCCCC5)C3)C(=O)C4(C)C)nc(Nc3ccc(Cl)c(C(=O)NC)c3)c21. The number of piperidine rings is 1. The number of carbonyl (C=O) groups is 2. The Kier molecular flexibility index (Phi) is 8.25. The molecule has 1 atom stereocenters. The molecule has 2 aromatic carbocycles. The average Bonchev–Trinajstić information content (AvgIpc) is 3.58. The molecule has 4 heterocycles. The number of halogens is 1. The zero-order valence-electron chi connectivity index (χ0n) is 27.9. The number of imidazole rings is 1. The number of nitrogens with one attached hydrogen (secondary N) is 2. The summed E-state index contributed by atoms with van der Waals surface area (Å²) in [5.41, 5.74) is 5.94. The van der Waals surface area contributed by atoms with Crippen molar-refractivity contribution in [3.8, 4) is 11.3 Å². The number of carbonyl (C=O) groups excluding carboxylic acids is 2. The number of aromatic nitrogens is 3.